The number of unbranched alkanes of at least 4 members (excludes halogenated alkanes) is 1. The van der Waals surface area contributed by atoms with E-state index in [1.165, 1.54) is 6.07 Å². The molecule has 0 fully saturated rings. The molecule has 0 saturated carbocycles. The van der Waals surface area contributed by atoms with Gasteiger partial charge in [-0.3, -0.25) is 4.55 Å². The van der Waals surface area contributed by atoms with Crippen molar-refractivity contribution in [1.82, 2.24) is 19.7 Å². The highest BCUT2D eigenvalue weighted by Gasteiger charge is 2.16. The van der Waals surface area contributed by atoms with Crippen LogP contribution in [0.15, 0.2) is 28.0 Å². The molecule has 0 radical (unpaired) electrons. The van der Waals surface area contributed by atoms with Crippen LogP contribution in [0.25, 0.3) is 0 Å². The van der Waals surface area contributed by atoms with Crippen molar-refractivity contribution in [1.29, 1.82) is 0 Å². The topological polar surface area (TPSA) is 228 Å². The normalized spacial score (nSPS) is 12.0. The largest absolute Gasteiger partial charge is 0.368 e. The Balaban J connectivity index is 2.11. The predicted octanol–water partition coefficient (Wildman–Crippen LogP) is 0.614. The number of nitrogen functional groups attached to an aromatic ring is 1. The van der Waals surface area contributed by atoms with Gasteiger partial charge in [-0.25, -0.2) is 18.4 Å². The zero-order chi connectivity index (χ0) is 23.8. The zero-order valence-electron chi connectivity index (χ0n) is 16.5. The van der Waals surface area contributed by atoms with Crippen molar-refractivity contribution in [2.45, 2.75) is 22.6 Å². The number of anilines is 4. The number of sulfonamides is 1. The van der Waals surface area contributed by atoms with Gasteiger partial charge in [0.25, 0.3) is 10.1 Å². The van der Waals surface area contributed by atoms with Crippen molar-refractivity contribution in [3.63, 3.8) is 0 Å². The lowest BCUT2D eigenvalue weighted by molar-refractivity contribution is -0.432. The summed E-state index contributed by atoms with van der Waals surface area (Å²) in [5.41, 5.74) is 5.78. The molecule has 0 aliphatic carbocycles. The van der Waals surface area contributed by atoms with Gasteiger partial charge in [-0.15, -0.1) is 4.33 Å². The van der Waals surface area contributed by atoms with Crippen molar-refractivity contribution >= 4 is 55.7 Å². The highest BCUT2D eigenvalue weighted by molar-refractivity contribution is 7.94. The first kappa shape index (κ1) is 25.9. The molecule has 7 N–H and O–H groups in total. The van der Waals surface area contributed by atoms with Crippen molar-refractivity contribution in [3.05, 3.63) is 18.2 Å². The van der Waals surface area contributed by atoms with E-state index in [2.05, 4.69) is 39.7 Å². The maximum atomic E-state index is 11.4. The van der Waals surface area contributed by atoms with E-state index in [0.717, 1.165) is 18.4 Å². The second-order valence-electron chi connectivity index (χ2n) is 6.13. The van der Waals surface area contributed by atoms with E-state index >= 15 is 0 Å². The third-order valence-corrected chi connectivity index (χ3v) is 5.80. The Bertz CT molecular complexity index is 1130. The van der Waals surface area contributed by atoms with E-state index in [4.69, 9.17) is 11.0 Å². The van der Waals surface area contributed by atoms with Crippen LogP contribution in [0, 0.1) is 0 Å². The minimum Gasteiger partial charge on any atom is -0.368 e. The number of nitrogens with one attached hydrogen (secondary N) is 3. The van der Waals surface area contributed by atoms with Crippen molar-refractivity contribution in [3.8, 4) is 0 Å². The summed E-state index contributed by atoms with van der Waals surface area (Å²) < 4.78 is 60.9. The number of nitrogens with zero attached hydrogens (tertiary/aromatic N) is 3. The minimum absolute atomic E-state index is 0.0574. The van der Waals surface area contributed by atoms with Gasteiger partial charge in [0.05, 0.1) is 33.8 Å². The quantitative estimate of drug-likeness (QED) is 0.0711. The van der Waals surface area contributed by atoms with E-state index in [-0.39, 0.29) is 35.0 Å². The molecule has 0 aliphatic heterocycles. The van der Waals surface area contributed by atoms with Crippen LogP contribution in [0.1, 0.15) is 12.8 Å². The molecule has 1 aromatic heterocycles. The maximum Gasteiger partial charge on any atom is 0.294 e. The second-order valence-corrected chi connectivity index (χ2v) is 10.1. The van der Waals surface area contributed by atoms with Gasteiger partial charge in [0.15, 0.2) is 0 Å². The Labute approximate surface area is 188 Å². The first-order valence-corrected chi connectivity index (χ1v) is 12.8. The molecule has 32 heavy (non-hydrogen) atoms. The van der Waals surface area contributed by atoms with Crippen molar-refractivity contribution in [2.24, 2.45) is 0 Å². The maximum absolute atomic E-state index is 11.4. The summed E-state index contributed by atoms with van der Waals surface area (Å²) in [6.07, 6.45) is 2.25. The summed E-state index contributed by atoms with van der Waals surface area (Å²) >= 11 is 0.539. The lowest BCUT2D eigenvalue weighted by Crippen LogP contribution is -2.23. The molecule has 0 spiro atoms. The van der Waals surface area contributed by atoms with E-state index in [1.807, 2.05) is 0 Å². The fourth-order valence-electron chi connectivity index (χ4n) is 2.25. The van der Waals surface area contributed by atoms with E-state index in [1.54, 1.807) is 0 Å². The predicted molar refractivity (Wildman–Crippen MR) is 115 cm³/mol. The van der Waals surface area contributed by atoms with E-state index in [9.17, 15) is 21.4 Å². The molecular weight excluding hydrogens is 490 g/mol. The lowest BCUT2D eigenvalue weighted by Gasteiger charge is -2.12. The summed E-state index contributed by atoms with van der Waals surface area (Å²) in [5, 5.41) is 17.5. The Morgan fingerprint density at radius 3 is 2.44 bits per heavy atom. The number of benzene rings is 1. The molecule has 0 bridgehead atoms. The van der Waals surface area contributed by atoms with E-state index < -0.39 is 25.0 Å². The summed E-state index contributed by atoms with van der Waals surface area (Å²) in [5.74, 6) is -0.0806. The summed E-state index contributed by atoms with van der Waals surface area (Å²) in [4.78, 5) is 11.8. The van der Waals surface area contributed by atoms with Crippen molar-refractivity contribution in [2.75, 3.05) is 35.7 Å². The molecule has 18 heteroatoms. The summed E-state index contributed by atoms with van der Waals surface area (Å²) in [7, 11) is -7.74. The van der Waals surface area contributed by atoms with Crippen LogP contribution in [-0.2, 0) is 29.5 Å². The standard InChI is InChI=1S/C14H21N7O8S3/c1-31(23,24)17-7-3-2-6-16-13-19-12(15)20-14(21-13)18-10-8-9(32(25,26)27)4-5-11(10)30-29-28-22/h4-5,8,17,22H,2-3,6-7H2,1H3,(H,25,26,27)(H4,15,16,18,19,20,21). The second kappa shape index (κ2) is 11.5. The molecule has 178 valence electrons. The van der Waals surface area contributed by atoms with Gasteiger partial charge in [-0.1, -0.05) is 5.04 Å². The molecule has 2 aromatic rings. The van der Waals surface area contributed by atoms with Gasteiger partial charge in [-0.05, 0) is 31.0 Å². The third kappa shape index (κ3) is 9.04. The number of nitrogens with two attached hydrogens (primary N) is 1. The Morgan fingerprint density at radius 1 is 1.09 bits per heavy atom. The molecule has 0 aliphatic rings. The Morgan fingerprint density at radius 2 is 1.78 bits per heavy atom. The lowest BCUT2D eigenvalue weighted by atomic mass is 10.3. The molecule has 0 amide bonds. The first-order chi connectivity index (χ1) is 15.0. The van der Waals surface area contributed by atoms with Gasteiger partial charge in [-0.2, -0.15) is 23.4 Å². The van der Waals surface area contributed by atoms with Crippen LogP contribution in [-0.4, -0.2) is 60.9 Å². The van der Waals surface area contributed by atoms with Crippen LogP contribution in [0.5, 0.6) is 0 Å². The zero-order valence-corrected chi connectivity index (χ0v) is 19.0. The SMILES string of the molecule is CS(=O)(=O)NCCCCNc1nc(N)nc(Nc2cc(S(=O)(=O)O)ccc2SOOO)n1. The minimum atomic E-state index is -4.50. The molecule has 15 nitrogen and oxygen atoms in total. The Hall–Kier alpha value is -2.32. The molecule has 1 aromatic carbocycles. The summed E-state index contributed by atoms with van der Waals surface area (Å²) in [6, 6.07) is 3.47. The molecule has 0 unspecified atom stereocenters. The van der Waals surface area contributed by atoms with Crippen LogP contribution in [0.3, 0.4) is 0 Å². The van der Waals surface area contributed by atoms with Crippen LogP contribution in [0.4, 0.5) is 23.5 Å². The fraction of sp³-hybridized carbons (Fsp3) is 0.357. The average Bonchev–Trinajstić information content (AvgIpc) is 2.67. The highest BCUT2D eigenvalue weighted by atomic mass is 32.2. The Kier molecular flexibility index (Phi) is 9.33. The average molecular weight is 512 g/mol. The van der Waals surface area contributed by atoms with Gasteiger partial charge in [0, 0.05) is 13.1 Å². The summed E-state index contributed by atoms with van der Waals surface area (Å²) in [6.45, 7) is 0.701. The number of hydrogen-bond donors (Lipinski definition) is 6. The van der Waals surface area contributed by atoms with Crippen LogP contribution >= 0.6 is 12.0 Å². The van der Waals surface area contributed by atoms with Gasteiger partial charge >= 0.3 is 0 Å². The highest BCUT2D eigenvalue weighted by Crippen LogP contribution is 2.32. The molecule has 0 atom stereocenters. The van der Waals surface area contributed by atoms with Gasteiger partial charge in [0.1, 0.15) is 0 Å². The monoisotopic (exact) mass is 511 g/mol. The first-order valence-electron chi connectivity index (χ1n) is 8.71. The van der Waals surface area contributed by atoms with Gasteiger partial charge in [0.2, 0.25) is 27.9 Å². The third-order valence-electron chi connectivity index (χ3n) is 3.55. The van der Waals surface area contributed by atoms with Gasteiger partial charge < -0.3 is 16.4 Å². The molecule has 0 saturated heterocycles. The smallest absolute Gasteiger partial charge is 0.294 e. The fourth-order valence-corrected chi connectivity index (χ4v) is 3.70. The number of rotatable bonds is 13. The molecule has 1 heterocycles. The number of hydrogen-bond acceptors (Lipinski definition) is 14. The van der Waals surface area contributed by atoms with Crippen LogP contribution in [0.2, 0.25) is 0 Å². The molecule has 2 rings (SSSR count). The molecular formula is C14H21N7O8S3. The van der Waals surface area contributed by atoms with Crippen molar-refractivity contribution < 1.29 is 36.0 Å². The van der Waals surface area contributed by atoms with Crippen LogP contribution < -0.4 is 21.1 Å². The number of aromatic nitrogens is 3. The van der Waals surface area contributed by atoms with E-state index in [0.29, 0.717) is 31.4 Å².